The van der Waals surface area contributed by atoms with E-state index in [0.717, 1.165) is 6.42 Å². The van der Waals surface area contributed by atoms with Gasteiger partial charge in [0.05, 0.1) is 0 Å². The Bertz CT molecular complexity index is 168. The zero-order valence-electron chi connectivity index (χ0n) is 6.44. The summed E-state index contributed by atoms with van der Waals surface area (Å²) in [5, 5.41) is 0. The van der Waals surface area contributed by atoms with Crippen LogP contribution in [0.1, 0.15) is 26.7 Å². The van der Waals surface area contributed by atoms with Gasteiger partial charge in [0.2, 0.25) is 11.6 Å². The largest absolute Gasteiger partial charge is 0.291 e. The fraction of sp³-hybridized carbons (Fsp3) is 0.500. The molecule has 0 N–H and O–H groups in total. The van der Waals surface area contributed by atoms with Crippen LogP contribution in [-0.4, -0.2) is 11.6 Å². The highest BCUT2D eigenvalue weighted by atomic mass is 16.2. The Hall–Kier alpha value is -0.920. The highest BCUT2D eigenvalue weighted by molar-refractivity contribution is 6.43. The summed E-state index contributed by atoms with van der Waals surface area (Å²) in [6.45, 7) is 6.80. The lowest BCUT2D eigenvalue weighted by atomic mass is 10.1. The Morgan fingerprint density at radius 2 is 1.90 bits per heavy atom. The Morgan fingerprint density at radius 3 is 2.20 bits per heavy atom. The van der Waals surface area contributed by atoms with Crippen molar-refractivity contribution >= 4 is 11.6 Å². The van der Waals surface area contributed by atoms with Crippen LogP contribution in [0.2, 0.25) is 0 Å². The smallest absolute Gasteiger partial charge is 0.223 e. The van der Waals surface area contributed by atoms with Gasteiger partial charge < -0.3 is 0 Å². The molecule has 0 aliphatic rings. The number of allylic oxidation sites excluding steroid dienone is 1. The average molecular weight is 140 g/mol. The van der Waals surface area contributed by atoms with E-state index >= 15 is 0 Å². The van der Waals surface area contributed by atoms with Gasteiger partial charge in [0.25, 0.3) is 0 Å². The van der Waals surface area contributed by atoms with E-state index in [1.807, 2.05) is 6.92 Å². The number of hydrogen-bond acceptors (Lipinski definition) is 2. The summed E-state index contributed by atoms with van der Waals surface area (Å²) in [5.41, 5.74) is 0.332. The minimum Gasteiger partial charge on any atom is -0.291 e. The molecule has 2 nitrogen and oxygen atoms in total. The van der Waals surface area contributed by atoms with Crippen LogP contribution in [0.25, 0.3) is 0 Å². The first-order chi connectivity index (χ1) is 4.59. The molecule has 0 unspecified atom stereocenters. The van der Waals surface area contributed by atoms with Gasteiger partial charge in [0, 0.05) is 6.42 Å². The van der Waals surface area contributed by atoms with Gasteiger partial charge in [0.1, 0.15) is 0 Å². The van der Waals surface area contributed by atoms with Crippen molar-refractivity contribution in [1.82, 2.24) is 0 Å². The van der Waals surface area contributed by atoms with Crippen LogP contribution in [0.5, 0.6) is 0 Å². The maximum absolute atomic E-state index is 10.8. The molecule has 0 fully saturated rings. The Balaban J connectivity index is 3.96. The molecular weight excluding hydrogens is 128 g/mol. The molecule has 0 atom stereocenters. The minimum absolute atomic E-state index is 0.324. The Labute approximate surface area is 60.9 Å². The molecule has 0 radical (unpaired) electrons. The van der Waals surface area contributed by atoms with Crippen LogP contribution < -0.4 is 0 Å². The number of ketones is 2. The van der Waals surface area contributed by atoms with Crippen LogP contribution in [0.4, 0.5) is 0 Å². The molecule has 0 aromatic heterocycles. The summed E-state index contributed by atoms with van der Waals surface area (Å²) in [7, 11) is 0. The summed E-state index contributed by atoms with van der Waals surface area (Å²) in [4.78, 5) is 21.6. The Morgan fingerprint density at radius 1 is 1.40 bits per heavy atom. The lowest BCUT2D eigenvalue weighted by Crippen LogP contribution is -2.13. The first-order valence-corrected chi connectivity index (χ1v) is 3.32. The van der Waals surface area contributed by atoms with Crippen molar-refractivity contribution in [2.75, 3.05) is 0 Å². The summed E-state index contributed by atoms with van der Waals surface area (Å²) in [6.07, 6.45) is 1.06. The van der Waals surface area contributed by atoms with E-state index < -0.39 is 5.78 Å². The zero-order chi connectivity index (χ0) is 8.15. The third-order valence-corrected chi connectivity index (χ3v) is 1.12. The Kier molecular flexibility index (Phi) is 3.62. The van der Waals surface area contributed by atoms with Crippen molar-refractivity contribution in [3.63, 3.8) is 0 Å². The molecule has 0 bridgehead atoms. The summed E-state index contributed by atoms with van der Waals surface area (Å²) in [5.74, 6) is -0.753. The molecule has 10 heavy (non-hydrogen) atoms. The van der Waals surface area contributed by atoms with Gasteiger partial charge in [-0.25, -0.2) is 0 Å². The quantitative estimate of drug-likeness (QED) is 0.438. The van der Waals surface area contributed by atoms with E-state index in [0.29, 0.717) is 12.0 Å². The van der Waals surface area contributed by atoms with Gasteiger partial charge in [-0.15, -0.1) is 0 Å². The highest BCUT2D eigenvalue weighted by Crippen LogP contribution is 1.96. The standard InChI is InChI=1S/C8H12O2/c1-4-5-7(9)8(10)6(2)3/h2,4-5H2,1,3H3. The van der Waals surface area contributed by atoms with Crippen molar-refractivity contribution in [3.8, 4) is 0 Å². The molecular formula is C8H12O2. The first-order valence-electron chi connectivity index (χ1n) is 3.32. The SMILES string of the molecule is C=C(C)C(=O)C(=O)CCC. The van der Waals surface area contributed by atoms with E-state index in [2.05, 4.69) is 6.58 Å². The normalized spacial score (nSPS) is 9.00. The van der Waals surface area contributed by atoms with Crippen LogP contribution in [-0.2, 0) is 9.59 Å². The number of rotatable bonds is 4. The predicted molar refractivity (Wildman–Crippen MR) is 39.7 cm³/mol. The molecule has 0 heterocycles. The lowest BCUT2D eigenvalue weighted by molar-refractivity contribution is -0.134. The van der Waals surface area contributed by atoms with E-state index in [1.54, 1.807) is 6.92 Å². The van der Waals surface area contributed by atoms with Gasteiger partial charge in [-0.3, -0.25) is 9.59 Å². The molecule has 0 aliphatic carbocycles. The number of carbonyl (C=O) groups is 2. The molecule has 0 amide bonds. The summed E-state index contributed by atoms with van der Waals surface area (Å²) >= 11 is 0. The third kappa shape index (κ3) is 2.58. The van der Waals surface area contributed by atoms with Gasteiger partial charge in [-0.05, 0) is 18.9 Å². The van der Waals surface area contributed by atoms with E-state index in [1.165, 1.54) is 0 Å². The van der Waals surface area contributed by atoms with Crippen LogP contribution in [0.3, 0.4) is 0 Å². The van der Waals surface area contributed by atoms with Gasteiger partial charge in [-0.2, -0.15) is 0 Å². The van der Waals surface area contributed by atoms with Crippen LogP contribution in [0.15, 0.2) is 12.2 Å². The molecule has 0 spiro atoms. The lowest BCUT2D eigenvalue weighted by Gasteiger charge is -1.94. The number of hydrogen-bond donors (Lipinski definition) is 0. The molecule has 0 saturated heterocycles. The van der Waals surface area contributed by atoms with E-state index in [-0.39, 0.29) is 5.78 Å². The first kappa shape index (κ1) is 9.08. The molecule has 0 saturated carbocycles. The molecule has 0 aromatic carbocycles. The van der Waals surface area contributed by atoms with Crippen molar-refractivity contribution < 1.29 is 9.59 Å². The predicted octanol–water partition coefficient (Wildman–Crippen LogP) is 1.50. The van der Waals surface area contributed by atoms with Crippen LogP contribution >= 0.6 is 0 Å². The van der Waals surface area contributed by atoms with Crippen molar-refractivity contribution in [2.45, 2.75) is 26.7 Å². The van der Waals surface area contributed by atoms with E-state index in [4.69, 9.17) is 0 Å². The van der Waals surface area contributed by atoms with Crippen molar-refractivity contribution in [2.24, 2.45) is 0 Å². The maximum atomic E-state index is 10.8. The molecule has 0 aliphatic heterocycles. The van der Waals surface area contributed by atoms with Gasteiger partial charge >= 0.3 is 0 Å². The third-order valence-electron chi connectivity index (χ3n) is 1.12. The topological polar surface area (TPSA) is 34.1 Å². The number of carbonyl (C=O) groups excluding carboxylic acids is 2. The van der Waals surface area contributed by atoms with E-state index in [9.17, 15) is 9.59 Å². The van der Waals surface area contributed by atoms with Crippen LogP contribution in [0, 0.1) is 0 Å². The second-order valence-electron chi connectivity index (χ2n) is 2.28. The fourth-order valence-electron chi connectivity index (χ4n) is 0.579. The van der Waals surface area contributed by atoms with Crippen molar-refractivity contribution in [1.29, 1.82) is 0 Å². The van der Waals surface area contributed by atoms with Gasteiger partial charge in [-0.1, -0.05) is 13.5 Å². The summed E-state index contributed by atoms with van der Waals surface area (Å²) in [6, 6.07) is 0. The molecule has 56 valence electrons. The molecule has 2 heteroatoms. The minimum atomic E-state index is -0.429. The maximum Gasteiger partial charge on any atom is 0.223 e. The second-order valence-corrected chi connectivity index (χ2v) is 2.28. The average Bonchev–Trinajstić information content (AvgIpc) is 1.87. The highest BCUT2D eigenvalue weighted by Gasteiger charge is 2.11. The zero-order valence-corrected chi connectivity index (χ0v) is 6.44. The van der Waals surface area contributed by atoms with Gasteiger partial charge in [0.15, 0.2) is 0 Å². The monoisotopic (exact) mass is 140 g/mol. The molecule has 0 rings (SSSR count). The molecule has 0 aromatic rings. The van der Waals surface area contributed by atoms with Crippen molar-refractivity contribution in [3.05, 3.63) is 12.2 Å². The fourth-order valence-corrected chi connectivity index (χ4v) is 0.579. The summed E-state index contributed by atoms with van der Waals surface area (Å²) < 4.78 is 0. The number of Topliss-reactive ketones (excluding diaryl/α,β-unsaturated/α-hetero) is 2. The second kappa shape index (κ2) is 3.99.